The van der Waals surface area contributed by atoms with Crippen molar-refractivity contribution in [1.29, 1.82) is 0 Å². The van der Waals surface area contributed by atoms with Crippen molar-refractivity contribution < 1.29 is 34.4 Å². The molecule has 0 unspecified atom stereocenters. The van der Waals surface area contributed by atoms with Crippen molar-refractivity contribution in [3.63, 3.8) is 0 Å². The Morgan fingerprint density at radius 1 is 0.553 bits per heavy atom. The predicted octanol–water partition coefficient (Wildman–Crippen LogP) is 12.4. The molecule has 4 aromatic rings. The largest absolute Gasteiger partial charge is 0.475 e. The predicted molar refractivity (Wildman–Crippen MR) is 329 cm³/mol. The van der Waals surface area contributed by atoms with Gasteiger partial charge in [0.05, 0.1) is 28.4 Å². The molecular formula is C60H93B2Cl2IN4O7. The molecule has 2 amide bonds. The van der Waals surface area contributed by atoms with Gasteiger partial charge in [-0.15, -0.1) is 24.8 Å². The lowest BCUT2D eigenvalue weighted by Gasteiger charge is -2.32. The van der Waals surface area contributed by atoms with Crippen LogP contribution < -0.4 is 22.1 Å². The highest BCUT2D eigenvalue weighted by Gasteiger charge is 2.54. The zero-order valence-corrected chi connectivity index (χ0v) is 51.9. The first-order valence-electron chi connectivity index (χ1n) is 27.1. The van der Waals surface area contributed by atoms with Crippen molar-refractivity contribution >= 4 is 79.2 Å². The summed E-state index contributed by atoms with van der Waals surface area (Å²) in [6.45, 7) is 30.0. The molecule has 0 aliphatic carbocycles. The summed E-state index contributed by atoms with van der Waals surface area (Å²) in [6, 6.07) is 35.4. The SMILES string of the molecule is CC(C)C[C@@H](N)B1OC(C)(C)C(C)(C)O1.Cc1ccc(CNC(=O)[C@@H](CC(=O)C[C@@H](CC(C)C)B2OC(C)(C)C(C)(C)O2)Cc2ccccc2)cc1.Cc1ccc(CNC(=O)[C@@H](N)Cc2ccccc2)cc1.Cl.Cl.[2H]CI. The summed E-state index contributed by atoms with van der Waals surface area (Å²) in [7, 11) is -0.698. The van der Waals surface area contributed by atoms with Crippen LogP contribution in [0.15, 0.2) is 109 Å². The van der Waals surface area contributed by atoms with Crippen LogP contribution in [0.2, 0.25) is 5.82 Å². The second-order valence-corrected chi connectivity index (χ2v) is 23.0. The quantitative estimate of drug-likeness (QED) is 0.0383. The average Bonchev–Trinajstić information content (AvgIpc) is 3.70. The second-order valence-electron chi connectivity index (χ2n) is 23.0. The van der Waals surface area contributed by atoms with Crippen LogP contribution >= 0.6 is 47.4 Å². The van der Waals surface area contributed by atoms with E-state index in [2.05, 4.69) is 66.0 Å². The van der Waals surface area contributed by atoms with Gasteiger partial charge in [-0.1, -0.05) is 171 Å². The Kier molecular flexibility index (Phi) is 30.2. The van der Waals surface area contributed by atoms with Gasteiger partial charge in [0.2, 0.25) is 11.8 Å². The minimum Gasteiger partial charge on any atom is -0.403 e. The van der Waals surface area contributed by atoms with E-state index in [-0.39, 0.29) is 78.9 Å². The van der Waals surface area contributed by atoms with Crippen LogP contribution in [0.5, 0.6) is 0 Å². The number of amides is 2. The number of benzene rings is 4. The Bertz CT molecular complexity index is 2290. The van der Waals surface area contributed by atoms with Crippen molar-refractivity contribution in [1.82, 2.24) is 10.6 Å². The second kappa shape index (κ2) is 33.3. The summed E-state index contributed by atoms with van der Waals surface area (Å²) < 4.78 is 30.6. The molecule has 0 spiro atoms. The monoisotopic (exact) mass is 1200 g/mol. The van der Waals surface area contributed by atoms with Crippen molar-refractivity contribution in [3.05, 3.63) is 143 Å². The first-order valence-corrected chi connectivity index (χ1v) is 27.9. The smallest absolute Gasteiger partial charge is 0.403 e. The maximum atomic E-state index is 13.4. The average molecular weight is 1200 g/mol. The fourth-order valence-electron chi connectivity index (χ4n) is 8.53. The van der Waals surface area contributed by atoms with E-state index in [1.165, 1.54) is 11.1 Å². The molecule has 2 fully saturated rings. The third kappa shape index (κ3) is 23.6. The fourth-order valence-corrected chi connectivity index (χ4v) is 8.53. The topological polar surface area (TPSA) is 164 Å². The van der Waals surface area contributed by atoms with Crippen LogP contribution in [0, 0.1) is 31.6 Å². The van der Waals surface area contributed by atoms with Crippen molar-refractivity contribution in [2.45, 2.75) is 189 Å². The minimum atomic E-state index is -0.511. The summed E-state index contributed by atoms with van der Waals surface area (Å²) in [5.41, 5.74) is 17.2. The van der Waals surface area contributed by atoms with Crippen LogP contribution in [0.1, 0.15) is 144 Å². The first kappa shape index (κ1) is 68.8. The van der Waals surface area contributed by atoms with E-state index in [4.69, 9.17) is 31.5 Å². The molecule has 0 saturated carbocycles. The van der Waals surface area contributed by atoms with Gasteiger partial charge < -0.3 is 40.7 Å². The highest BCUT2D eigenvalue weighted by molar-refractivity contribution is 14.1. The minimum absolute atomic E-state index is 0. The van der Waals surface area contributed by atoms with E-state index >= 15 is 0 Å². The normalized spacial score (nSPS) is 17.3. The molecule has 6 N–H and O–H groups in total. The van der Waals surface area contributed by atoms with Crippen LogP contribution in [0.4, 0.5) is 0 Å². The molecule has 4 atom stereocenters. The summed E-state index contributed by atoms with van der Waals surface area (Å²) >= 11 is 1.96. The van der Waals surface area contributed by atoms with Gasteiger partial charge in [0, 0.05) is 45.0 Å². The van der Waals surface area contributed by atoms with E-state index in [1.54, 1.807) is 0 Å². The number of nitrogens with two attached hydrogens (primary N) is 2. The Hall–Kier alpha value is -3.31. The third-order valence-corrected chi connectivity index (χ3v) is 14.3. The van der Waals surface area contributed by atoms with Crippen molar-refractivity contribution in [2.75, 3.05) is 4.91 Å². The molecule has 76 heavy (non-hydrogen) atoms. The number of alkyl halides is 1. The van der Waals surface area contributed by atoms with Crippen LogP contribution in [0.25, 0.3) is 0 Å². The number of ketones is 1. The van der Waals surface area contributed by atoms with Gasteiger partial charge in [0.15, 0.2) is 0 Å². The molecule has 16 heteroatoms. The van der Waals surface area contributed by atoms with E-state index in [0.717, 1.165) is 35.1 Å². The third-order valence-electron chi connectivity index (χ3n) is 14.3. The van der Waals surface area contributed by atoms with Gasteiger partial charge in [-0.3, -0.25) is 14.4 Å². The van der Waals surface area contributed by atoms with E-state index in [9.17, 15) is 14.4 Å². The lowest BCUT2D eigenvalue weighted by Crippen LogP contribution is -2.42. The number of rotatable bonds is 20. The number of hydrogen-bond donors (Lipinski definition) is 4. The zero-order valence-electron chi connectivity index (χ0n) is 49.1. The zero-order chi connectivity index (χ0) is 56.1. The molecule has 0 aromatic heterocycles. The van der Waals surface area contributed by atoms with Gasteiger partial charge in [-0.25, -0.2) is 0 Å². The molecule has 2 saturated heterocycles. The molecule has 2 aliphatic heterocycles. The fraction of sp³-hybridized carbons (Fsp3) is 0.550. The van der Waals surface area contributed by atoms with Crippen LogP contribution in [-0.2, 0) is 58.9 Å². The highest BCUT2D eigenvalue weighted by Crippen LogP contribution is 2.43. The summed E-state index contributed by atoms with van der Waals surface area (Å²) in [4.78, 5) is 39.2. The van der Waals surface area contributed by atoms with Gasteiger partial charge >= 0.3 is 14.2 Å². The number of aryl methyl sites for hydroxylation is 2. The molecule has 0 bridgehead atoms. The van der Waals surface area contributed by atoms with Gasteiger partial charge in [0.25, 0.3) is 0 Å². The highest BCUT2D eigenvalue weighted by atomic mass is 127. The molecule has 11 nitrogen and oxygen atoms in total. The number of hydrogen-bond acceptors (Lipinski definition) is 9. The molecule has 422 valence electrons. The van der Waals surface area contributed by atoms with Gasteiger partial charge in [0.1, 0.15) is 5.78 Å². The summed E-state index contributed by atoms with van der Waals surface area (Å²) in [6.07, 6.45) is 3.37. The maximum Gasteiger partial charge on any atom is 0.475 e. The number of halogens is 3. The Labute approximate surface area is 486 Å². The molecule has 6 rings (SSSR count). The standard InChI is InChI=1S/C31H44BNO4.C17H20N2O.C11H24BNO2.CH3I.2ClH/c1-22(2)17-27(32-36-30(4,5)31(6,7)37-32)20-28(34)19-26(18-24-11-9-8-10-12-24)29(35)33-21-25-15-13-23(3)14-16-25;1-13-7-9-15(10-8-13)12-19-17(20)16(18)11-14-5-3-2-4-6-14;1-8(2)7-9(13)12-14-10(3,4)11(5,6)15-12;1-2;;/h8-16,22,26-27H,17-21H2,1-7H3,(H,33,35);2-10,16H,11-12,18H2,1H3,(H,19,20);8-9H,7,13H2,1-6H3;1H3;2*1H/t26-,27-;16-;9-;;;/m101.../s1/i;;;1D;;. The van der Waals surface area contributed by atoms with Crippen LogP contribution in [0.3, 0.4) is 0 Å². The van der Waals surface area contributed by atoms with Crippen molar-refractivity contribution in [3.8, 4) is 0 Å². The number of Topliss-reactive ketones (excluding diaryl/α,β-unsaturated/α-hetero) is 1. The van der Waals surface area contributed by atoms with E-state index in [1.807, 2.05) is 173 Å². The van der Waals surface area contributed by atoms with E-state index < -0.39 is 30.3 Å². The first-order chi connectivity index (χ1) is 35.1. The Morgan fingerprint density at radius 3 is 1.32 bits per heavy atom. The van der Waals surface area contributed by atoms with Gasteiger partial charge in [-0.05, 0) is 134 Å². The lowest BCUT2D eigenvalue weighted by molar-refractivity contribution is -0.129. The molecule has 0 radical (unpaired) electrons. The summed E-state index contributed by atoms with van der Waals surface area (Å²) in [5.74, 6) is 0.315. The van der Waals surface area contributed by atoms with Crippen LogP contribution in [-0.4, -0.2) is 71.1 Å². The lowest BCUT2D eigenvalue weighted by atomic mass is 9.65. The molecule has 2 heterocycles. The number of carbonyl (C=O) groups excluding carboxylic acids is 3. The maximum absolute atomic E-state index is 13.4. The Balaban J connectivity index is 0.000000621. The van der Waals surface area contributed by atoms with Crippen molar-refractivity contribution in [2.24, 2.45) is 29.2 Å². The van der Waals surface area contributed by atoms with E-state index in [0.29, 0.717) is 49.1 Å². The molecular weight excluding hydrogens is 1110 g/mol. The summed E-state index contributed by atoms with van der Waals surface area (Å²) in [5, 5.41) is 5.94. The Morgan fingerprint density at radius 2 is 0.921 bits per heavy atom. The molecule has 2 aliphatic rings. The van der Waals surface area contributed by atoms with Gasteiger partial charge in [-0.2, -0.15) is 0 Å². The number of carbonyl (C=O) groups is 3. The number of nitrogens with one attached hydrogen (secondary N) is 2. The molecule has 4 aromatic carbocycles.